The van der Waals surface area contributed by atoms with Crippen molar-refractivity contribution in [1.82, 2.24) is 14.9 Å². The number of hydrogen-bond acceptors (Lipinski definition) is 6. The van der Waals surface area contributed by atoms with Gasteiger partial charge in [0.2, 0.25) is 5.82 Å². The van der Waals surface area contributed by atoms with Crippen molar-refractivity contribution in [3.8, 4) is 0 Å². The van der Waals surface area contributed by atoms with E-state index in [1.54, 1.807) is 0 Å². The Balaban J connectivity index is 1.84. The Bertz CT molecular complexity index is 956. The normalized spacial score (nSPS) is 16.3. The second kappa shape index (κ2) is 6.91. The second-order valence-corrected chi connectivity index (χ2v) is 6.16. The lowest BCUT2D eigenvalue weighted by molar-refractivity contribution is -0.145. The van der Waals surface area contributed by atoms with Gasteiger partial charge in [0, 0.05) is 23.5 Å². The summed E-state index contributed by atoms with van der Waals surface area (Å²) in [6, 6.07) is 4.24. The Morgan fingerprint density at radius 1 is 1.07 bits per heavy atom. The van der Waals surface area contributed by atoms with Crippen molar-refractivity contribution in [2.75, 3.05) is 0 Å². The molecule has 1 saturated heterocycles. The van der Waals surface area contributed by atoms with Gasteiger partial charge < -0.3 is 0 Å². The molecule has 0 unspecified atom stereocenters. The highest BCUT2D eigenvalue weighted by Gasteiger charge is 2.40. The van der Waals surface area contributed by atoms with E-state index in [2.05, 4.69) is 9.97 Å². The van der Waals surface area contributed by atoms with Crippen LogP contribution in [0, 0.1) is 5.82 Å². The first-order valence-electron chi connectivity index (χ1n) is 7.14. The van der Waals surface area contributed by atoms with Gasteiger partial charge >= 0.3 is 11.4 Å². The van der Waals surface area contributed by atoms with Crippen LogP contribution in [0.15, 0.2) is 41.6 Å². The van der Waals surface area contributed by atoms with Gasteiger partial charge in [-0.1, -0.05) is 0 Å². The largest absolute Gasteiger partial charge is 0.451 e. The number of rotatable bonds is 2. The number of amides is 3. The molecule has 0 aliphatic carbocycles. The van der Waals surface area contributed by atoms with Crippen molar-refractivity contribution in [2.45, 2.75) is 6.18 Å². The van der Waals surface area contributed by atoms with Crippen LogP contribution in [0.2, 0.25) is 0 Å². The average Bonchev–Trinajstić information content (AvgIpc) is 2.88. The summed E-state index contributed by atoms with van der Waals surface area (Å²) in [5.74, 6) is -3.83. The quantitative estimate of drug-likeness (QED) is 0.438. The highest BCUT2D eigenvalue weighted by atomic mass is 32.2. The first-order chi connectivity index (χ1) is 12.7. The van der Waals surface area contributed by atoms with Gasteiger partial charge in [0.15, 0.2) is 0 Å². The molecule has 1 fully saturated rings. The number of alkyl halides is 3. The fourth-order valence-electron chi connectivity index (χ4n) is 2.07. The van der Waals surface area contributed by atoms with Crippen LogP contribution in [0.3, 0.4) is 0 Å². The molecule has 3 rings (SSSR count). The molecular weight excluding hydrogens is 390 g/mol. The Morgan fingerprint density at radius 3 is 2.22 bits per heavy atom. The maximum atomic E-state index is 12.9. The van der Waals surface area contributed by atoms with E-state index in [9.17, 15) is 31.9 Å². The molecule has 3 amide bonds. The molecule has 138 valence electrons. The van der Waals surface area contributed by atoms with E-state index in [-0.39, 0.29) is 16.0 Å². The predicted molar refractivity (Wildman–Crippen MR) is 85.6 cm³/mol. The molecule has 0 N–H and O–H groups in total. The standard InChI is InChI=1S/C16H7F4N3O3S/c17-10-3-1-9(2-4-10)12(24)23-13(25)11(27-15(23)26)5-8-6-21-14(22-7-8)16(18,19)20/h1-7H/b11-5-. The maximum Gasteiger partial charge on any atom is 0.451 e. The topological polar surface area (TPSA) is 80.2 Å². The van der Waals surface area contributed by atoms with E-state index in [1.165, 1.54) is 0 Å². The van der Waals surface area contributed by atoms with Crippen molar-refractivity contribution in [2.24, 2.45) is 0 Å². The molecule has 6 nitrogen and oxygen atoms in total. The van der Waals surface area contributed by atoms with E-state index in [0.29, 0.717) is 16.7 Å². The molecule has 27 heavy (non-hydrogen) atoms. The number of carbonyl (C=O) groups excluding carboxylic acids is 3. The molecule has 0 spiro atoms. The predicted octanol–water partition coefficient (Wildman–Crippen LogP) is 3.51. The third-order valence-electron chi connectivity index (χ3n) is 3.31. The van der Waals surface area contributed by atoms with Gasteiger partial charge in [-0.3, -0.25) is 14.4 Å². The summed E-state index contributed by atoms with van der Waals surface area (Å²) in [5, 5.41) is -0.881. The molecule has 1 aliphatic rings. The number of aromatic nitrogens is 2. The summed E-state index contributed by atoms with van der Waals surface area (Å²) < 4.78 is 50.3. The number of benzene rings is 1. The first-order valence-corrected chi connectivity index (χ1v) is 7.95. The lowest BCUT2D eigenvalue weighted by atomic mass is 10.2. The van der Waals surface area contributed by atoms with Gasteiger partial charge in [-0.2, -0.15) is 13.2 Å². The molecule has 11 heteroatoms. The third-order valence-corrected chi connectivity index (χ3v) is 4.18. The number of imide groups is 3. The van der Waals surface area contributed by atoms with Crippen molar-refractivity contribution in [3.05, 3.63) is 64.3 Å². The van der Waals surface area contributed by atoms with Gasteiger partial charge in [-0.15, -0.1) is 0 Å². The SMILES string of the molecule is O=C1S/C(=C\c2cnc(C(F)(F)F)nc2)C(=O)N1C(=O)c1ccc(F)cc1. The Hall–Kier alpha value is -3.08. The third kappa shape index (κ3) is 3.87. The molecule has 0 radical (unpaired) electrons. The van der Waals surface area contributed by atoms with Crippen molar-refractivity contribution in [1.29, 1.82) is 0 Å². The van der Waals surface area contributed by atoms with Crippen LogP contribution >= 0.6 is 11.8 Å². The Morgan fingerprint density at radius 2 is 1.67 bits per heavy atom. The number of nitrogens with zero attached hydrogens (tertiary/aromatic N) is 3. The highest BCUT2D eigenvalue weighted by Crippen LogP contribution is 2.33. The molecule has 0 bridgehead atoms. The fraction of sp³-hybridized carbons (Fsp3) is 0.0625. The molecule has 1 aliphatic heterocycles. The summed E-state index contributed by atoms with van der Waals surface area (Å²) >= 11 is 0.438. The van der Waals surface area contributed by atoms with Crippen LogP contribution in [-0.2, 0) is 11.0 Å². The summed E-state index contributed by atoms with van der Waals surface area (Å²) in [4.78, 5) is 43.1. The zero-order chi connectivity index (χ0) is 19.8. The van der Waals surface area contributed by atoms with Crippen LogP contribution in [0.25, 0.3) is 6.08 Å². The van der Waals surface area contributed by atoms with Crippen LogP contribution in [0.5, 0.6) is 0 Å². The van der Waals surface area contributed by atoms with Crippen molar-refractivity contribution < 1.29 is 31.9 Å². The van der Waals surface area contributed by atoms with Crippen molar-refractivity contribution >= 4 is 34.9 Å². The zero-order valence-electron chi connectivity index (χ0n) is 13.0. The minimum Gasteiger partial charge on any atom is -0.268 e. The lowest BCUT2D eigenvalue weighted by Crippen LogP contribution is -2.34. The monoisotopic (exact) mass is 397 g/mol. The van der Waals surface area contributed by atoms with Gasteiger partial charge in [0.25, 0.3) is 11.8 Å². The summed E-state index contributed by atoms with van der Waals surface area (Å²) in [5.41, 5.74) is -0.0273. The van der Waals surface area contributed by atoms with Crippen LogP contribution in [-0.4, -0.2) is 31.9 Å². The summed E-state index contributed by atoms with van der Waals surface area (Å²) in [6.07, 6.45) is -1.93. The van der Waals surface area contributed by atoms with Gasteiger partial charge in [-0.05, 0) is 42.1 Å². The molecule has 0 saturated carbocycles. The van der Waals surface area contributed by atoms with E-state index >= 15 is 0 Å². The molecule has 2 aromatic rings. The van der Waals surface area contributed by atoms with E-state index in [1.807, 2.05) is 0 Å². The van der Waals surface area contributed by atoms with Crippen LogP contribution in [0.4, 0.5) is 22.4 Å². The molecule has 1 aromatic carbocycles. The average molecular weight is 397 g/mol. The number of carbonyl (C=O) groups is 3. The molecule has 2 heterocycles. The maximum absolute atomic E-state index is 12.9. The Kier molecular flexibility index (Phi) is 4.79. The molecule has 1 aromatic heterocycles. The minimum absolute atomic E-state index is 0.0442. The first kappa shape index (κ1) is 18.7. The van der Waals surface area contributed by atoms with Gasteiger partial charge in [-0.25, -0.2) is 19.3 Å². The fourth-order valence-corrected chi connectivity index (χ4v) is 2.89. The molecular formula is C16H7F4N3O3S. The number of halogens is 4. The molecule has 0 atom stereocenters. The Labute approximate surface area is 152 Å². The second-order valence-electron chi connectivity index (χ2n) is 5.17. The van der Waals surface area contributed by atoms with Crippen molar-refractivity contribution in [3.63, 3.8) is 0 Å². The van der Waals surface area contributed by atoms with E-state index in [4.69, 9.17) is 0 Å². The van der Waals surface area contributed by atoms with Crippen LogP contribution in [0.1, 0.15) is 21.7 Å². The smallest absolute Gasteiger partial charge is 0.268 e. The van der Waals surface area contributed by atoms with E-state index in [0.717, 1.165) is 42.7 Å². The summed E-state index contributed by atoms with van der Waals surface area (Å²) in [6.45, 7) is 0. The van der Waals surface area contributed by atoms with Gasteiger partial charge in [0.1, 0.15) is 5.82 Å². The lowest BCUT2D eigenvalue weighted by Gasteiger charge is -2.10. The minimum atomic E-state index is -4.71. The van der Waals surface area contributed by atoms with E-state index < -0.39 is 34.9 Å². The number of thioether (sulfide) groups is 1. The zero-order valence-corrected chi connectivity index (χ0v) is 13.8. The number of hydrogen-bond donors (Lipinski definition) is 0. The highest BCUT2D eigenvalue weighted by molar-refractivity contribution is 8.18. The van der Waals surface area contributed by atoms with Gasteiger partial charge in [0.05, 0.1) is 4.91 Å². The summed E-state index contributed by atoms with van der Waals surface area (Å²) in [7, 11) is 0. The van der Waals surface area contributed by atoms with Crippen LogP contribution < -0.4 is 0 Å².